The average Bonchev–Trinajstić information content (AvgIpc) is 2.46. The van der Waals surface area contributed by atoms with E-state index in [-0.39, 0.29) is 11.9 Å². The minimum Gasteiger partial charge on any atom is -0.496 e. The van der Waals surface area contributed by atoms with Gasteiger partial charge in [-0.15, -0.1) is 0 Å². The zero-order valence-electron chi connectivity index (χ0n) is 12.0. The summed E-state index contributed by atoms with van der Waals surface area (Å²) in [5.74, 6) is 0.529. The van der Waals surface area contributed by atoms with Crippen LogP contribution in [0.15, 0.2) is 39.3 Å². The van der Waals surface area contributed by atoms with Crippen molar-refractivity contribution in [2.24, 2.45) is 0 Å². The van der Waals surface area contributed by atoms with E-state index in [0.717, 1.165) is 26.9 Å². The van der Waals surface area contributed by atoms with Gasteiger partial charge < -0.3 is 10.1 Å². The normalized spacial score (nSPS) is 12.3. The van der Waals surface area contributed by atoms with Crippen molar-refractivity contribution in [1.82, 2.24) is 5.32 Å². The maximum atomic E-state index is 13.4. The molecule has 0 fully saturated rings. The predicted octanol–water partition coefficient (Wildman–Crippen LogP) is 4.98. The van der Waals surface area contributed by atoms with Gasteiger partial charge >= 0.3 is 0 Å². The van der Waals surface area contributed by atoms with Gasteiger partial charge in [-0.25, -0.2) is 4.39 Å². The van der Waals surface area contributed by atoms with Crippen molar-refractivity contribution >= 4 is 31.9 Å². The molecule has 0 aromatic heterocycles. The third-order valence-corrected chi connectivity index (χ3v) is 4.85. The van der Waals surface area contributed by atoms with Crippen LogP contribution in [0.4, 0.5) is 4.39 Å². The molecule has 2 rings (SSSR count). The lowest BCUT2D eigenvalue weighted by Crippen LogP contribution is -2.18. The van der Waals surface area contributed by atoms with Crippen molar-refractivity contribution in [2.75, 3.05) is 14.2 Å². The molecule has 0 saturated carbocycles. The van der Waals surface area contributed by atoms with Gasteiger partial charge in [0.1, 0.15) is 11.6 Å². The van der Waals surface area contributed by atoms with Crippen LogP contribution in [0.25, 0.3) is 0 Å². The highest BCUT2D eigenvalue weighted by atomic mass is 79.9. The molecule has 0 aliphatic rings. The third-order valence-electron chi connectivity index (χ3n) is 3.39. The number of aryl methyl sites for hydroxylation is 1. The standard InChI is InChI=1S/C16H16Br2FNO/c1-9-6-15(21-3)11(8-12(9)17)16(20-2)10-4-5-14(19)13(18)7-10/h4-8,16,20H,1-3H3. The van der Waals surface area contributed by atoms with Crippen LogP contribution in [0, 0.1) is 12.7 Å². The van der Waals surface area contributed by atoms with E-state index in [2.05, 4.69) is 37.2 Å². The fourth-order valence-electron chi connectivity index (χ4n) is 2.27. The molecule has 112 valence electrons. The molecule has 0 aliphatic heterocycles. The number of methoxy groups -OCH3 is 1. The Hall–Kier alpha value is -0.910. The van der Waals surface area contributed by atoms with Crippen LogP contribution in [-0.4, -0.2) is 14.2 Å². The van der Waals surface area contributed by atoms with Crippen LogP contribution in [-0.2, 0) is 0 Å². The van der Waals surface area contributed by atoms with E-state index < -0.39 is 0 Å². The van der Waals surface area contributed by atoms with Crippen molar-refractivity contribution < 1.29 is 9.13 Å². The number of hydrogen-bond acceptors (Lipinski definition) is 2. The Morgan fingerprint density at radius 3 is 2.43 bits per heavy atom. The molecule has 0 radical (unpaired) electrons. The van der Waals surface area contributed by atoms with E-state index in [4.69, 9.17) is 4.74 Å². The number of rotatable bonds is 4. The smallest absolute Gasteiger partial charge is 0.137 e. The van der Waals surface area contributed by atoms with E-state index in [1.807, 2.05) is 26.1 Å². The van der Waals surface area contributed by atoms with Gasteiger partial charge in [0.2, 0.25) is 0 Å². The number of benzene rings is 2. The number of halogens is 3. The van der Waals surface area contributed by atoms with Gasteiger partial charge in [-0.3, -0.25) is 0 Å². The molecule has 2 aromatic carbocycles. The summed E-state index contributed by atoms with van der Waals surface area (Å²) in [5, 5.41) is 3.26. The monoisotopic (exact) mass is 415 g/mol. The van der Waals surface area contributed by atoms with Gasteiger partial charge in [-0.1, -0.05) is 22.0 Å². The van der Waals surface area contributed by atoms with Crippen LogP contribution in [0.1, 0.15) is 22.7 Å². The quantitative estimate of drug-likeness (QED) is 0.759. The molecular weight excluding hydrogens is 401 g/mol. The number of ether oxygens (including phenoxy) is 1. The molecular formula is C16H16Br2FNO. The van der Waals surface area contributed by atoms with Gasteiger partial charge in [0.05, 0.1) is 17.6 Å². The molecule has 2 aromatic rings. The van der Waals surface area contributed by atoms with Crippen molar-refractivity contribution in [3.05, 3.63) is 61.8 Å². The highest BCUT2D eigenvalue weighted by Crippen LogP contribution is 2.35. The summed E-state index contributed by atoms with van der Waals surface area (Å²) >= 11 is 6.79. The lowest BCUT2D eigenvalue weighted by Gasteiger charge is -2.21. The fraction of sp³-hybridized carbons (Fsp3) is 0.250. The Balaban J connectivity index is 2.55. The summed E-state index contributed by atoms with van der Waals surface area (Å²) in [6.07, 6.45) is 0. The van der Waals surface area contributed by atoms with E-state index >= 15 is 0 Å². The van der Waals surface area contributed by atoms with Crippen molar-refractivity contribution in [2.45, 2.75) is 13.0 Å². The Morgan fingerprint density at radius 1 is 1.14 bits per heavy atom. The molecule has 0 saturated heterocycles. The Morgan fingerprint density at radius 2 is 1.86 bits per heavy atom. The molecule has 0 bridgehead atoms. The van der Waals surface area contributed by atoms with Crippen LogP contribution < -0.4 is 10.1 Å². The summed E-state index contributed by atoms with van der Waals surface area (Å²) in [4.78, 5) is 0. The van der Waals surface area contributed by atoms with E-state index in [9.17, 15) is 4.39 Å². The summed E-state index contributed by atoms with van der Waals surface area (Å²) < 4.78 is 20.4. The Labute approximate surface area is 141 Å². The maximum Gasteiger partial charge on any atom is 0.137 e. The van der Waals surface area contributed by atoms with E-state index in [1.165, 1.54) is 6.07 Å². The van der Waals surface area contributed by atoms with Crippen LogP contribution in [0.5, 0.6) is 5.75 Å². The molecule has 0 aliphatic carbocycles. The van der Waals surface area contributed by atoms with Crippen LogP contribution in [0.3, 0.4) is 0 Å². The topological polar surface area (TPSA) is 21.3 Å². The molecule has 2 nitrogen and oxygen atoms in total. The summed E-state index contributed by atoms with van der Waals surface area (Å²) in [6.45, 7) is 2.01. The van der Waals surface area contributed by atoms with Crippen molar-refractivity contribution in [3.8, 4) is 5.75 Å². The largest absolute Gasteiger partial charge is 0.496 e. The van der Waals surface area contributed by atoms with Gasteiger partial charge in [-0.05, 0) is 65.3 Å². The summed E-state index contributed by atoms with van der Waals surface area (Å²) in [7, 11) is 3.52. The lowest BCUT2D eigenvalue weighted by atomic mass is 9.97. The predicted molar refractivity (Wildman–Crippen MR) is 90.4 cm³/mol. The second-order valence-corrected chi connectivity index (χ2v) is 6.45. The zero-order chi connectivity index (χ0) is 15.6. The van der Waals surface area contributed by atoms with Gasteiger partial charge in [0, 0.05) is 10.0 Å². The molecule has 5 heteroatoms. The fourth-order valence-corrected chi connectivity index (χ4v) is 3.02. The lowest BCUT2D eigenvalue weighted by molar-refractivity contribution is 0.405. The molecule has 1 N–H and O–H groups in total. The molecule has 1 atom stereocenters. The minimum absolute atomic E-state index is 0.0891. The Kier molecular flexibility index (Phi) is 5.41. The van der Waals surface area contributed by atoms with Crippen molar-refractivity contribution in [3.63, 3.8) is 0 Å². The maximum absolute atomic E-state index is 13.4. The summed E-state index contributed by atoms with van der Waals surface area (Å²) in [5.41, 5.74) is 3.06. The molecule has 1 unspecified atom stereocenters. The minimum atomic E-state index is -0.273. The van der Waals surface area contributed by atoms with E-state index in [0.29, 0.717) is 4.47 Å². The first kappa shape index (κ1) is 16.5. The first-order chi connectivity index (χ1) is 9.97. The van der Waals surface area contributed by atoms with Gasteiger partial charge in [0.25, 0.3) is 0 Å². The molecule has 21 heavy (non-hydrogen) atoms. The zero-order valence-corrected chi connectivity index (χ0v) is 15.2. The highest BCUT2D eigenvalue weighted by molar-refractivity contribution is 9.10. The second-order valence-electron chi connectivity index (χ2n) is 4.74. The summed E-state index contributed by atoms with van der Waals surface area (Å²) in [6, 6.07) is 8.95. The molecule has 0 heterocycles. The number of nitrogens with one attached hydrogen (secondary N) is 1. The number of hydrogen-bond donors (Lipinski definition) is 1. The van der Waals surface area contributed by atoms with Gasteiger partial charge in [-0.2, -0.15) is 0 Å². The SMILES string of the molecule is CNC(c1ccc(F)c(Br)c1)c1cc(Br)c(C)cc1OC. The van der Waals surface area contributed by atoms with Crippen molar-refractivity contribution in [1.29, 1.82) is 0 Å². The first-order valence-electron chi connectivity index (χ1n) is 6.44. The van der Waals surface area contributed by atoms with E-state index in [1.54, 1.807) is 19.2 Å². The second kappa shape index (κ2) is 6.90. The Bertz CT molecular complexity index is 661. The molecule has 0 amide bonds. The third kappa shape index (κ3) is 3.47. The van der Waals surface area contributed by atoms with Gasteiger partial charge in [0.15, 0.2) is 0 Å². The first-order valence-corrected chi connectivity index (χ1v) is 8.02. The van der Waals surface area contributed by atoms with Crippen LogP contribution >= 0.6 is 31.9 Å². The average molecular weight is 417 g/mol. The van der Waals surface area contributed by atoms with Crippen LogP contribution in [0.2, 0.25) is 0 Å². The highest BCUT2D eigenvalue weighted by Gasteiger charge is 2.19. The molecule has 0 spiro atoms.